The van der Waals surface area contributed by atoms with E-state index in [0.717, 1.165) is 0 Å². The van der Waals surface area contributed by atoms with Gasteiger partial charge in [0.05, 0.1) is 42.0 Å². The molecule has 0 saturated carbocycles. The number of amides is 1. The third kappa shape index (κ3) is 4.20. The summed E-state index contributed by atoms with van der Waals surface area (Å²) in [6.07, 6.45) is 0. The number of ether oxygens (including phenoxy) is 1. The van der Waals surface area contributed by atoms with Crippen molar-refractivity contribution in [2.24, 2.45) is 0 Å². The standard InChI is InChI=1S/C16H14N4O4/c1-24-15-8-13(20(22)23)6-7-14(15)19-16(21)10-18-12-4-2-11(9-17)3-5-12/h2-8,18H,10H2,1H3,(H,19,21). The van der Waals surface area contributed by atoms with Crippen LogP contribution in [0, 0.1) is 21.4 Å². The van der Waals surface area contributed by atoms with Crippen LogP contribution in [-0.2, 0) is 4.79 Å². The average molecular weight is 326 g/mol. The highest BCUT2D eigenvalue weighted by Crippen LogP contribution is 2.28. The first-order chi connectivity index (χ1) is 11.5. The van der Waals surface area contributed by atoms with E-state index in [1.807, 2.05) is 6.07 Å². The third-order valence-electron chi connectivity index (χ3n) is 3.14. The van der Waals surface area contributed by atoms with Crippen molar-refractivity contribution in [3.05, 3.63) is 58.1 Å². The first kappa shape index (κ1) is 16.8. The van der Waals surface area contributed by atoms with Gasteiger partial charge in [-0.25, -0.2) is 0 Å². The van der Waals surface area contributed by atoms with Crippen molar-refractivity contribution in [1.82, 2.24) is 0 Å². The number of carbonyl (C=O) groups excluding carboxylic acids is 1. The maximum absolute atomic E-state index is 12.0. The summed E-state index contributed by atoms with van der Waals surface area (Å²) in [5.74, 6) is -0.137. The first-order valence-corrected chi connectivity index (χ1v) is 6.90. The second-order valence-corrected chi connectivity index (χ2v) is 4.73. The van der Waals surface area contributed by atoms with Gasteiger partial charge >= 0.3 is 0 Å². The summed E-state index contributed by atoms with van der Waals surface area (Å²) in [7, 11) is 1.36. The maximum Gasteiger partial charge on any atom is 0.273 e. The molecule has 0 aliphatic rings. The van der Waals surface area contributed by atoms with E-state index in [1.54, 1.807) is 24.3 Å². The number of nitrogens with one attached hydrogen (secondary N) is 2. The average Bonchev–Trinajstić information content (AvgIpc) is 2.60. The van der Waals surface area contributed by atoms with Gasteiger partial charge in [-0.1, -0.05) is 0 Å². The van der Waals surface area contributed by atoms with E-state index in [9.17, 15) is 14.9 Å². The van der Waals surface area contributed by atoms with Gasteiger partial charge < -0.3 is 15.4 Å². The van der Waals surface area contributed by atoms with Crippen molar-refractivity contribution in [2.45, 2.75) is 0 Å². The van der Waals surface area contributed by atoms with Gasteiger partial charge in [0.2, 0.25) is 5.91 Å². The molecule has 1 amide bonds. The van der Waals surface area contributed by atoms with Crippen molar-refractivity contribution in [3.63, 3.8) is 0 Å². The molecule has 2 rings (SSSR count). The Bertz CT molecular complexity index is 797. The second kappa shape index (κ2) is 7.60. The fraction of sp³-hybridized carbons (Fsp3) is 0.125. The van der Waals surface area contributed by atoms with E-state index in [-0.39, 0.29) is 23.9 Å². The number of nitrogens with zero attached hydrogens (tertiary/aromatic N) is 2. The quantitative estimate of drug-likeness (QED) is 0.622. The van der Waals surface area contributed by atoms with Crippen LogP contribution >= 0.6 is 0 Å². The molecule has 0 aliphatic heterocycles. The monoisotopic (exact) mass is 326 g/mol. The summed E-state index contributed by atoms with van der Waals surface area (Å²) in [6, 6.07) is 12.6. The smallest absolute Gasteiger partial charge is 0.273 e. The second-order valence-electron chi connectivity index (χ2n) is 4.73. The number of rotatable bonds is 6. The Balaban J connectivity index is 1.99. The minimum atomic E-state index is -0.541. The fourth-order valence-corrected chi connectivity index (χ4v) is 1.94. The van der Waals surface area contributed by atoms with Gasteiger partial charge in [-0.15, -0.1) is 0 Å². The highest BCUT2D eigenvalue weighted by molar-refractivity contribution is 5.95. The number of carbonyl (C=O) groups is 1. The predicted molar refractivity (Wildman–Crippen MR) is 87.9 cm³/mol. The molecule has 0 fully saturated rings. The molecule has 0 atom stereocenters. The van der Waals surface area contributed by atoms with Gasteiger partial charge in [0.15, 0.2) is 0 Å². The molecule has 2 aromatic rings. The molecule has 24 heavy (non-hydrogen) atoms. The van der Waals surface area contributed by atoms with E-state index in [2.05, 4.69) is 10.6 Å². The zero-order chi connectivity index (χ0) is 17.5. The molecule has 0 aromatic heterocycles. The Hall–Kier alpha value is -3.60. The number of nitriles is 1. The van der Waals surface area contributed by atoms with Gasteiger partial charge in [0, 0.05) is 11.8 Å². The van der Waals surface area contributed by atoms with Crippen LogP contribution in [0.15, 0.2) is 42.5 Å². The zero-order valence-electron chi connectivity index (χ0n) is 12.8. The summed E-state index contributed by atoms with van der Waals surface area (Å²) >= 11 is 0. The molecule has 2 N–H and O–H groups in total. The van der Waals surface area contributed by atoms with Gasteiger partial charge in [-0.05, 0) is 30.3 Å². The van der Waals surface area contributed by atoms with Crippen LogP contribution < -0.4 is 15.4 Å². The van der Waals surface area contributed by atoms with Gasteiger partial charge in [0.25, 0.3) is 5.69 Å². The van der Waals surface area contributed by atoms with Crippen LogP contribution in [0.25, 0.3) is 0 Å². The van der Waals surface area contributed by atoms with Crippen LogP contribution in [0.4, 0.5) is 17.1 Å². The molecule has 0 radical (unpaired) electrons. The molecule has 122 valence electrons. The normalized spacial score (nSPS) is 9.67. The summed E-state index contributed by atoms with van der Waals surface area (Å²) in [5, 5.41) is 25.0. The van der Waals surface area contributed by atoms with Crippen molar-refractivity contribution in [1.29, 1.82) is 5.26 Å². The Labute approximate surface area is 137 Å². The molecule has 0 spiro atoms. The van der Waals surface area contributed by atoms with Crippen LogP contribution in [0.5, 0.6) is 5.75 Å². The predicted octanol–water partition coefficient (Wildman–Crippen LogP) is 2.53. The minimum absolute atomic E-state index is 0.00789. The van der Waals surface area contributed by atoms with E-state index < -0.39 is 4.92 Å². The van der Waals surface area contributed by atoms with Crippen molar-refractivity contribution >= 4 is 23.0 Å². The van der Waals surface area contributed by atoms with E-state index in [1.165, 1.54) is 25.3 Å². The molecule has 8 heteroatoms. The SMILES string of the molecule is COc1cc([N+](=O)[O-])ccc1NC(=O)CNc1ccc(C#N)cc1. The number of methoxy groups -OCH3 is 1. The zero-order valence-corrected chi connectivity index (χ0v) is 12.8. The summed E-state index contributed by atoms with van der Waals surface area (Å²) in [5.41, 5.74) is 1.44. The van der Waals surface area contributed by atoms with Crippen LogP contribution in [0.1, 0.15) is 5.56 Å². The summed E-state index contributed by atoms with van der Waals surface area (Å²) in [6.45, 7) is -0.00789. The minimum Gasteiger partial charge on any atom is -0.494 e. The topological polar surface area (TPSA) is 117 Å². The molecule has 0 aliphatic carbocycles. The number of benzene rings is 2. The Morgan fingerprint density at radius 3 is 2.58 bits per heavy atom. The van der Waals surface area contributed by atoms with Gasteiger partial charge in [-0.3, -0.25) is 14.9 Å². The summed E-state index contributed by atoms with van der Waals surface area (Å²) in [4.78, 5) is 22.2. The maximum atomic E-state index is 12.0. The molecule has 2 aromatic carbocycles. The molecule has 0 unspecified atom stereocenters. The van der Waals surface area contributed by atoms with Crippen LogP contribution in [-0.4, -0.2) is 24.5 Å². The van der Waals surface area contributed by atoms with Gasteiger partial charge in [-0.2, -0.15) is 5.26 Å². The van der Waals surface area contributed by atoms with Gasteiger partial charge in [0.1, 0.15) is 5.75 Å². The number of non-ortho nitro benzene ring substituents is 1. The van der Waals surface area contributed by atoms with Crippen molar-refractivity contribution in [2.75, 3.05) is 24.3 Å². The van der Waals surface area contributed by atoms with Crippen molar-refractivity contribution < 1.29 is 14.5 Å². The summed E-state index contributed by atoms with van der Waals surface area (Å²) < 4.78 is 5.06. The largest absolute Gasteiger partial charge is 0.494 e. The number of hydrogen-bond acceptors (Lipinski definition) is 6. The molecule has 0 bridgehead atoms. The van der Waals surface area contributed by atoms with E-state index in [4.69, 9.17) is 10.00 Å². The highest BCUT2D eigenvalue weighted by atomic mass is 16.6. The Morgan fingerprint density at radius 1 is 1.29 bits per heavy atom. The first-order valence-electron chi connectivity index (χ1n) is 6.90. The van der Waals surface area contributed by atoms with Crippen LogP contribution in [0.2, 0.25) is 0 Å². The lowest BCUT2D eigenvalue weighted by molar-refractivity contribution is -0.384. The lowest BCUT2D eigenvalue weighted by Crippen LogP contribution is -2.22. The lowest BCUT2D eigenvalue weighted by atomic mass is 10.2. The van der Waals surface area contributed by atoms with E-state index >= 15 is 0 Å². The number of anilines is 2. The van der Waals surface area contributed by atoms with Crippen LogP contribution in [0.3, 0.4) is 0 Å². The molecular weight excluding hydrogens is 312 g/mol. The molecule has 8 nitrogen and oxygen atoms in total. The van der Waals surface area contributed by atoms with Crippen molar-refractivity contribution in [3.8, 4) is 11.8 Å². The number of nitro groups is 1. The highest BCUT2D eigenvalue weighted by Gasteiger charge is 2.13. The number of hydrogen-bond donors (Lipinski definition) is 2. The molecule has 0 saturated heterocycles. The Kier molecular flexibility index (Phi) is 5.31. The Morgan fingerprint density at radius 2 is 2.00 bits per heavy atom. The molecule has 0 heterocycles. The van der Waals surface area contributed by atoms with E-state index in [0.29, 0.717) is 16.9 Å². The third-order valence-corrected chi connectivity index (χ3v) is 3.14. The molecular formula is C16H14N4O4. The lowest BCUT2D eigenvalue weighted by Gasteiger charge is -2.11. The number of nitro benzene ring substituents is 1. The fourth-order valence-electron chi connectivity index (χ4n) is 1.94.